The quantitative estimate of drug-likeness (QED) is 0.584. The van der Waals surface area contributed by atoms with Gasteiger partial charge >= 0.3 is 0 Å². The van der Waals surface area contributed by atoms with Gasteiger partial charge in [0.25, 0.3) is 5.91 Å². The normalized spacial score (nSPS) is 9.00. The topological polar surface area (TPSA) is 46.3 Å². The molecule has 3 nitrogen and oxygen atoms in total. The fourth-order valence-electron chi connectivity index (χ4n) is 0.667. The van der Waals surface area contributed by atoms with E-state index in [1.165, 1.54) is 0 Å². The van der Waals surface area contributed by atoms with E-state index >= 15 is 0 Å². The number of carbonyl (C=O) groups excluding carboxylic acids is 1. The third-order valence-electron chi connectivity index (χ3n) is 1.26. The average Bonchev–Trinajstić information content (AvgIpc) is 1.90. The number of nitrogens with zero attached hydrogens (tertiary/aromatic N) is 1. The number of nitrogens with two attached hydrogens (primary N) is 1. The summed E-state index contributed by atoms with van der Waals surface area (Å²) in [7, 11) is 0. The fourth-order valence-corrected chi connectivity index (χ4v) is 0.925. The van der Waals surface area contributed by atoms with Crippen molar-refractivity contribution in [2.24, 2.45) is 5.73 Å². The first-order valence-electron chi connectivity index (χ1n) is 3.22. The van der Waals surface area contributed by atoms with Crippen LogP contribution in [-0.2, 0) is 4.79 Å². The summed E-state index contributed by atoms with van der Waals surface area (Å²) in [5.74, 6) is -0.515. The molecule has 0 bridgehead atoms. The van der Waals surface area contributed by atoms with Gasteiger partial charge in [0.05, 0.1) is 0 Å². The van der Waals surface area contributed by atoms with Crippen molar-refractivity contribution in [3.05, 3.63) is 0 Å². The Bertz CT molecular complexity index is 143. The van der Waals surface area contributed by atoms with Crippen LogP contribution in [0, 0.1) is 0 Å². The van der Waals surface area contributed by atoms with Crippen molar-refractivity contribution in [1.82, 2.24) is 4.90 Å². The van der Waals surface area contributed by atoms with E-state index in [2.05, 4.69) is 0 Å². The van der Waals surface area contributed by atoms with E-state index in [0.717, 1.165) is 13.1 Å². The first-order chi connectivity index (χ1) is 4.63. The average molecular weight is 160 g/mol. The van der Waals surface area contributed by atoms with Crippen LogP contribution in [0.2, 0.25) is 0 Å². The maximum atomic E-state index is 10.5. The predicted molar refractivity (Wildman–Crippen MR) is 44.7 cm³/mol. The Kier molecular flexibility index (Phi) is 3.95. The first-order valence-corrected chi connectivity index (χ1v) is 3.63. The smallest absolute Gasteiger partial charge is 0.276 e. The molecule has 0 fully saturated rings. The van der Waals surface area contributed by atoms with E-state index in [9.17, 15) is 4.79 Å². The van der Waals surface area contributed by atoms with E-state index in [-0.39, 0.29) is 4.99 Å². The zero-order valence-electron chi connectivity index (χ0n) is 6.26. The molecule has 10 heavy (non-hydrogen) atoms. The van der Waals surface area contributed by atoms with Crippen LogP contribution >= 0.6 is 12.2 Å². The lowest BCUT2D eigenvalue weighted by molar-refractivity contribution is -0.112. The van der Waals surface area contributed by atoms with Crippen molar-refractivity contribution >= 4 is 23.1 Å². The number of carbonyl (C=O) groups is 1. The Morgan fingerprint density at radius 2 is 1.90 bits per heavy atom. The summed E-state index contributed by atoms with van der Waals surface area (Å²) in [6, 6.07) is 0. The van der Waals surface area contributed by atoms with E-state index < -0.39 is 5.91 Å². The highest BCUT2D eigenvalue weighted by Crippen LogP contribution is 1.89. The number of rotatable bonds is 2. The molecule has 4 heteroatoms. The largest absolute Gasteiger partial charge is 0.364 e. The van der Waals surface area contributed by atoms with Crippen LogP contribution in [0.15, 0.2) is 0 Å². The molecule has 0 saturated heterocycles. The highest BCUT2D eigenvalue weighted by Gasteiger charge is 2.09. The molecule has 0 rings (SSSR count). The molecule has 0 saturated carbocycles. The lowest BCUT2D eigenvalue weighted by Crippen LogP contribution is -2.38. The molecule has 0 aromatic carbocycles. The molecule has 0 radical (unpaired) electrons. The minimum atomic E-state index is -0.515. The monoisotopic (exact) mass is 160 g/mol. The number of amides is 1. The molecule has 0 aliphatic rings. The van der Waals surface area contributed by atoms with E-state index in [1.807, 2.05) is 13.8 Å². The van der Waals surface area contributed by atoms with Gasteiger partial charge in [0.15, 0.2) is 4.99 Å². The Hall–Kier alpha value is -0.640. The third-order valence-corrected chi connectivity index (χ3v) is 1.72. The molecule has 1 amide bonds. The van der Waals surface area contributed by atoms with Gasteiger partial charge in [-0.05, 0) is 13.8 Å². The summed E-state index contributed by atoms with van der Waals surface area (Å²) < 4.78 is 0. The molecule has 0 atom stereocenters. The fraction of sp³-hybridized carbons (Fsp3) is 0.667. The van der Waals surface area contributed by atoms with Gasteiger partial charge in [-0.25, -0.2) is 0 Å². The standard InChI is InChI=1S/C6H12N2OS/c1-3-8(4-2)6(10)5(7)9/h3-4H2,1-2H3,(H2,7,9). The summed E-state index contributed by atoms with van der Waals surface area (Å²) >= 11 is 4.75. The number of hydrogen-bond donors (Lipinski definition) is 1. The molecule has 0 aliphatic heterocycles. The summed E-state index contributed by atoms with van der Waals surface area (Å²) in [5.41, 5.74) is 4.97. The lowest BCUT2D eigenvalue weighted by Gasteiger charge is -2.18. The molecule has 2 N–H and O–H groups in total. The van der Waals surface area contributed by atoms with E-state index in [4.69, 9.17) is 18.0 Å². The molecule has 0 spiro atoms. The van der Waals surface area contributed by atoms with Gasteiger partial charge in [0.2, 0.25) is 0 Å². The van der Waals surface area contributed by atoms with Crippen LogP contribution in [0.1, 0.15) is 13.8 Å². The second-order valence-electron chi connectivity index (χ2n) is 1.84. The summed E-state index contributed by atoms with van der Waals surface area (Å²) in [6.07, 6.45) is 0. The maximum absolute atomic E-state index is 10.5. The molecule has 0 aliphatic carbocycles. The predicted octanol–water partition coefficient (Wildman–Crippen LogP) is 0.141. The van der Waals surface area contributed by atoms with Crippen molar-refractivity contribution in [1.29, 1.82) is 0 Å². The van der Waals surface area contributed by atoms with Crippen molar-refractivity contribution < 1.29 is 4.79 Å². The summed E-state index contributed by atoms with van der Waals surface area (Å²) in [5, 5.41) is 0. The number of hydrogen-bond acceptors (Lipinski definition) is 2. The second kappa shape index (κ2) is 4.22. The first kappa shape index (κ1) is 9.36. The Labute approximate surface area is 66.2 Å². The molecular weight excluding hydrogens is 148 g/mol. The number of thiocarbonyl (C=S) groups is 1. The summed E-state index contributed by atoms with van der Waals surface area (Å²) in [6.45, 7) is 5.33. The van der Waals surface area contributed by atoms with Gasteiger partial charge in [0, 0.05) is 13.1 Å². The molecule has 0 aromatic heterocycles. The summed E-state index contributed by atoms with van der Waals surface area (Å²) in [4.78, 5) is 12.5. The van der Waals surface area contributed by atoms with Crippen LogP contribution in [0.5, 0.6) is 0 Å². The van der Waals surface area contributed by atoms with Crippen LogP contribution in [0.25, 0.3) is 0 Å². The van der Waals surface area contributed by atoms with Gasteiger partial charge in [-0.15, -0.1) is 0 Å². The molecule has 0 heterocycles. The third kappa shape index (κ3) is 2.31. The Morgan fingerprint density at radius 1 is 1.50 bits per heavy atom. The van der Waals surface area contributed by atoms with Crippen molar-refractivity contribution in [2.45, 2.75) is 13.8 Å². The lowest BCUT2D eigenvalue weighted by atomic mass is 10.4. The van der Waals surface area contributed by atoms with Crippen LogP contribution in [0.4, 0.5) is 0 Å². The molecule has 58 valence electrons. The van der Waals surface area contributed by atoms with E-state index in [0.29, 0.717) is 0 Å². The molecular formula is C6H12N2OS. The zero-order chi connectivity index (χ0) is 8.15. The van der Waals surface area contributed by atoms with Gasteiger partial charge in [-0.1, -0.05) is 12.2 Å². The Balaban J connectivity index is 4.02. The van der Waals surface area contributed by atoms with Gasteiger partial charge in [0.1, 0.15) is 0 Å². The van der Waals surface area contributed by atoms with Crippen molar-refractivity contribution in [2.75, 3.05) is 13.1 Å². The van der Waals surface area contributed by atoms with Crippen molar-refractivity contribution in [3.8, 4) is 0 Å². The zero-order valence-corrected chi connectivity index (χ0v) is 7.07. The minimum Gasteiger partial charge on any atom is -0.364 e. The van der Waals surface area contributed by atoms with Crippen molar-refractivity contribution in [3.63, 3.8) is 0 Å². The minimum absolute atomic E-state index is 0.227. The Morgan fingerprint density at radius 3 is 2.00 bits per heavy atom. The number of likely N-dealkylation sites (N-methyl/N-ethyl adjacent to an activating group) is 1. The highest BCUT2D eigenvalue weighted by molar-refractivity contribution is 7.81. The van der Waals surface area contributed by atoms with Gasteiger partial charge < -0.3 is 10.6 Å². The highest BCUT2D eigenvalue weighted by atomic mass is 32.1. The van der Waals surface area contributed by atoms with E-state index in [1.54, 1.807) is 4.90 Å². The van der Waals surface area contributed by atoms with Crippen LogP contribution in [0.3, 0.4) is 0 Å². The maximum Gasteiger partial charge on any atom is 0.276 e. The number of primary amides is 1. The molecule has 0 aromatic rings. The SMILES string of the molecule is CCN(CC)C(=S)C(N)=O. The second-order valence-corrected chi connectivity index (χ2v) is 2.23. The van der Waals surface area contributed by atoms with Crippen LogP contribution < -0.4 is 5.73 Å². The molecule has 0 unspecified atom stereocenters. The van der Waals surface area contributed by atoms with Crippen LogP contribution in [-0.4, -0.2) is 28.9 Å². The van der Waals surface area contributed by atoms with Gasteiger partial charge in [-0.3, -0.25) is 4.79 Å². The van der Waals surface area contributed by atoms with Gasteiger partial charge in [-0.2, -0.15) is 0 Å².